The Bertz CT molecular complexity index is 423. The molecule has 0 aliphatic carbocycles. The number of halogens is 3. The van der Waals surface area contributed by atoms with E-state index in [1.165, 1.54) is 0 Å². The number of rotatable bonds is 2. The number of nitro benzene ring substituents is 1. The summed E-state index contributed by atoms with van der Waals surface area (Å²) in [5.74, 6) is -2.11. The van der Waals surface area contributed by atoms with E-state index in [4.69, 9.17) is 0 Å². The summed E-state index contributed by atoms with van der Waals surface area (Å²) in [4.78, 5) is 19.4. The van der Waals surface area contributed by atoms with Gasteiger partial charge in [0, 0.05) is 11.6 Å². The molecular formula is C8H3F3NO4-. The largest absolute Gasteiger partial charge is 0.545 e. The Labute approximate surface area is 86.3 Å². The third-order valence-electron chi connectivity index (χ3n) is 1.74. The fraction of sp³-hybridized carbons (Fsp3) is 0.125. The van der Waals surface area contributed by atoms with E-state index in [2.05, 4.69) is 0 Å². The zero-order chi connectivity index (χ0) is 12.5. The first kappa shape index (κ1) is 12.0. The maximum absolute atomic E-state index is 12.4. The number of benzene rings is 1. The van der Waals surface area contributed by atoms with Crippen molar-refractivity contribution in [2.24, 2.45) is 0 Å². The quantitative estimate of drug-likeness (QED) is 0.563. The molecule has 0 bridgehead atoms. The number of nitrogens with zero attached hydrogens (tertiary/aromatic N) is 1. The molecule has 0 atom stereocenters. The topological polar surface area (TPSA) is 83.3 Å². The van der Waals surface area contributed by atoms with Crippen molar-refractivity contribution in [3.63, 3.8) is 0 Å². The SMILES string of the molecule is O=C([O-])c1cccc([N+](=O)[O-])c1C(F)(F)F. The van der Waals surface area contributed by atoms with E-state index in [-0.39, 0.29) is 0 Å². The molecule has 0 aliphatic rings. The fourth-order valence-electron chi connectivity index (χ4n) is 1.16. The van der Waals surface area contributed by atoms with Crippen molar-refractivity contribution in [3.8, 4) is 0 Å². The van der Waals surface area contributed by atoms with Crippen LogP contribution in [-0.2, 0) is 6.18 Å². The molecule has 86 valence electrons. The average Bonchev–Trinajstić information content (AvgIpc) is 2.15. The second kappa shape index (κ2) is 3.80. The minimum absolute atomic E-state index is 0.579. The number of hydrogen-bond acceptors (Lipinski definition) is 4. The van der Waals surface area contributed by atoms with E-state index in [1.807, 2.05) is 0 Å². The predicted octanol–water partition coefficient (Wildman–Crippen LogP) is 0.977. The molecular weight excluding hydrogens is 231 g/mol. The molecule has 1 rings (SSSR count). The third-order valence-corrected chi connectivity index (χ3v) is 1.74. The van der Waals surface area contributed by atoms with Gasteiger partial charge in [0.15, 0.2) is 0 Å². The molecule has 5 nitrogen and oxygen atoms in total. The molecule has 0 amide bonds. The predicted molar refractivity (Wildman–Crippen MR) is 42.4 cm³/mol. The van der Waals surface area contributed by atoms with Gasteiger partial charge >= 0.3 is 6.18 Å². The Balaban J connectivity index is 3.60. The van der Waals surface area contributed by atoms with Crippen LogP contribution in [0.3, 0.4) is 0 Å². The van der Waals surface area contributed by atoms with Crippen LogP contribution in [0, 0.1) is 10.1 Å². The van der Waals surface area contributed by atoms with Crippen molar-refractivity contribution in [2.45, 2.75) is 6.18 Å². The van der Waals surface area contributed by atoms with Crippen LogP contribution < -0.4 is 5.11 Å². The van der Waals surface area contributed by atoms with Crippen LogP contribution in [0.4, 0.5) is 18.9 Å². The van der Waals surface area contributed by atoms with E-state index >= 15 is 0 Å². The van der Waals surface area contributed by atoms with Crippen molar-refractivity contribution in [1.82, 2.24) is 0 Å². The van der Waals surface area contributed by atoms with Crippen molar-refractivity contribution in [1.29, 1.82) is 0 Å². The highest BCUT2D eigenvalue weighted by molar-refractivity contribution is 5.89. The van der Waals surface area contributed by atoms with Crippen molar-refractivity contribution in [2.75, 3.05) is 0 Å². The fourth-order valence-corrected chi connectivity index (χ4v) is 1.16. The highest BCUT2D eigenvalue weighted by Crippen LogP contribution is 2.38. The lowest BCUT2D eigenvalue weighted by atomic mass is 10.1. The lowest BCUT2D eigenvalue weighted by molar-refractivity contribution is -0.388. The normalized spacial score (nSPS) is 11.2. The molecule has 16 heavy (non-hydrogen) atoms. The van der Waals surface area contributed by atoms with Gasteiger partial charge in [0.05, 0.1) is 10.9 Å². The van der Waals surface area contributed by atoms with Gasteiger partial charge in [0.2, 0.25) is 0 Å². The lowest BCUT2D eigenvalue weighted by Gasteiger charge is -2.13. The van der Waals surface area contributed by atoms with Gasteiger partial charge in [-0.05, 0) is 0 Å². The maximum atomic E-state index is 12.4. The number of hydrogen-bond donors (Lipinski definition) is 0. The number of carbonyl (C=O) groups is 1. The standard InChI is InChI=1S/C8H4F3NO4/c9-8(10,11)6-4(7(13)14)2-1-3-5(6)12(15)16/h1-3H,(H,13,14)/p-1. The van der Waals surface area contributed by atoms with Crippen molar-refractivity contribution >= 4 is 11.7 Å². The average molecular weight is 234 g/mol. The van der Waals surface area contributed by atoms with Gasteiger partial charge in [-0.3, -0.25) is 10.1 Å². The van der Waals surface area contributed by atoms with E-state index < -0.39 is 33.9 Å². The molecule has 0 heterocycles. The van der Waals surface area contributed by atoms with Crippen LogP contribution in [0.5, 0.6) is 0 Å². The second-order valence-electron chi connectivity index (χ2n) is 2.74. The summed E-state index contributed by atoms with van der Waals surface area (Å²) < 4.78 is 37.3. The molecule has 0 saturated heterocycles. The first-order valence-corrected chi connectivity index (χ1v) is 3.81. The lowest BCUT2D eigenvalue weighted by Crippen LogP contribution is -2.26. The Morgan fingerprint density at radius 1 is 1.31 bits per heavy atom. The number of nitro groups is 1. The van der Waals surface area contributed by atoms with Gasteiger partial charge in [0.1, 0.15) is 5.56 Å². The Morgan fingerprint density at radius 3 is 2.25 bits per heavy atom. The summed E-state index contributed by atoms with van der Waals surface area (Å²) in [5.41, 5.74) is -4.36. The van der Waals surface area contributed by atoms with Crippen LogP contribution in [0.15, 0.2) is 18.2 Å². The Kier molecular flexibility index (Phi) is 2.84. The van der Waals surface area contributed by atoms with Crippen LogP contribution in [0.25, 0.3) is 0 Å². The molecule has 8 heteroatoms. The van der Waals surface area contributed by atoms with Gasteiger partial charge in [0.25, 0.3) is 5.69 Å². The summed E-state index contributed by atoms with van der Waals surface area (Å²) >= 11 is 0. The van der Waals surface area contributed by atoms with E-state index in [1.54, 1.807) is 0 Å². The Hall–Kier alpha value is -2.12. The first-order valence-electron chi connectivity index (χ1n) is 3.81. The van der Waals surface area contributed by atoms with Gasteiger partial charge in [-0.15, -0.1) is 0 Å². The highest BCUT2D eigenvalue weighted by atomic mass is 19.4. The van der Waals surface area contributed by atoms with E-state index in [0.29, 0.717) is 12.1 Å². The van der Waals surface area contributed by atoms with Gasteiger partial charge in [-0.1, -0.05) is 12.1 Å². The number of carboxylic acid groups (broad SMARTS) is 1. The molecule has 0 saturated carbocycles. The van der Waals surface area contributed by atoms with Crippen LogP contribution in [0.1, 0.15) is 15.9 Å². The van der Waals surface area contributed by atoms with E-state index in [9.17, 15) is 33.2 Å². The third kappa shape index (κ3) is 2.10. The molecule has 0 N–H and O–H groups in total. The highest BCUT2D eigenvalue weighted by Gasteiger charge is 2.40. The number of alkyl halides is 3. The minimum atomic E-state index is -5.13. The van der Waals surface area contributed by atoms with Gasteiger partial charge in [-0.2, -0.15) is 13.2 Å². The Morgan fingerprint density at radius 2 is 1.88 bits per heavy atom. The number of aromatic carboxylic acids is 1. The van der Waals surface area contributed by atoms with Crippen LogP contribution >= 0.6 is 0 Å². The van der Waals surface area contributed by atoms with Crippen molar-refractivity contribution in [3.05, 3.63) is 39.4 Å². The summed E-state index contributed by atoms with van der Waals surface area (Å²) in [5, 5.41) is 20.7. The first-order chi connectivity index (χ1) is 7.25. The van der Waals surface area contributed by atoms with Crippen molar-refractivity contribution < 1.29 is 28.0 Å². The molecule has 1 aromatic carbocycles. The van der Waals surface area contributed by atoms with Crippen LogP contribution in [-0.4, -0.2) is 10.9 Å². The molecule has 0 unspecified atom stereocenters. The molecule has 0 aromatic heterocycles. The molecule has 0 radical (unpaired) electrons. The molecule has 0 spiro atoms. The molecule has 0 aliphatic heterocycles. The van der Waals surface area contributed by atoms with Gasteiger partial charge < -0.3 is 9.90 Å². The maximum Gasteiger partial charge on any atom is 0.423 e. The monoisotopic (exact) mass is 234 g/mol. The zero-order valence-electron chi connectivity index (χ0n) is 7.45. The smallest absolute Gasteiger partial charge is 0.423 e. The summed E-state index contributed by atoms with van der Waals surface area (Å²) in [6.45, 7) is 0. The minimum Gasteiger partial charge on any atom is -0.545 e. The zero-order valence-corrected chi connectivity index (χ0v) is 7.45. The van der Waals surface area contributed by atoms with E-state index in [0.717, 1.165) is 6.07 Å². The second-order valence-corrected chi connectivity index (χ2v) is 2.74. The molecule has 0 fully saturated rings. The summed E-state index contributed by atoms with van der Waals surface area (Å²) in [6, 6.07) is 2.03. The van der Waals surface area contributed by atoms with Crippen LogP contribution in [0.2, 0.25) is 0 Å². The molecule has 1 aromatic rings. The summed E-state index contributed by atoms with van der Waals surface area (Å²) in [7, 11) is 0. The van der Waals surface area contributed by atoms with Gasteiger partial charge in [-0.25, -0.2) is 0 Å². The summed E-state index contributed by atoms with van der Waals surface area (Å²) in [6.07, 6.45) is -5.13. The number of carbonyl (C=O) groups excluding carboxylic acids is 1. The number of carboxylic acids is 1.